The lowest BCUT2D eigenvalue weighted by Gasteiger charge is -2.38. The number of nitrogens with zero attached hydrogens (tertiary/aromatic N) is 2. The molecule has 1 saturated carbocycles. The zero-order chi connectivity index (χ0) is 7.90. The fourth-order valence-electron chi connectivity index (χ4n) is 1.85. The van der Waals surface area contributed by atoms with Gasteiger partial charge in [-0.15, -0.1) is 0 Å². The van der Waals surface area contributed by atoms with Crippen LogP contribution in [-0.2, 0) is 0 Å². The van der Waals surface area contributed by atoms with Crippen LogP contribution in [0.2, 0.25) is 0 Å². The summed E-state index contributed by atoms with van der Waals surface area (Å²) < 4.78 is 2.52. The predicted octanol–water partition coefficient (Wildman–Crippen LogP) is 1.51. The van der Waals surface area contributed by atoms with Crippen LogP contribution in [0.1, 0.15) is 19.8 Å². The van der Waals surface area contributed by atoms with E-state index < -0.39 is 0 Å². The molecule has 2 nitrogen and oxygen atoms in total. The van der Waals surface area contributed by atoms with Gasteiger partial charge in [0.2, 0.25) is 0 Å². The Morgan fingerprint density at radius 1 is 1.36 bits per heavy atom. The van der Waals surface area contributed by atoms with Crippen LogP contribution >= 0.6 is 22.9 Å². The Kier molecular flexibility index (Phi) is 2.14. The molecule has 11 heavy (non-hydrogen) atoms. The molecule has 0 unspecified atom stereocenters. The average Bonchev–Trinajstić information content (AvgIpc) is 2.77. The van der Waals surface area contributed by atoms with Crippen LogP contribution in [0.3, 0.4) is 0 Å². The molecule has 1 spiro atoms. The molecule has 0 radical (unpaired) electrons. The summed E-state index contributed by atoms with van der Waals surface area (Å²) in [7, 11) is 0. The molecule has 3 heteroatoms. The number of piperazine rings is 1. The summed E-state index contributed by atoms with van der Waals surface area (Å²) in [6.07, 6.45) is 2.85. The third-order valence-corrected chi connectivity index (χ3v) is 4.43. The van der Waals surface area contributed by atoms with Crippen molar-refractivity contribution in [1.29, 1.82) is 0 Å². The summed E-state index contributed by atoms with van der Waals surface area (Å²) in [5.74, 6) is 0. The second-order valence-electron chi connectivity index (χ2n) is 3.68. The number of halogens is 1. The van der Waals surface area contributed by atoms with E-state index in [9.17, 15) is 0 Å². The smallest absolute Gasteiger partial charge is 0.0433 e. The molecule has 0 atom stereocenters. The van der Waals surface area contributed by atoms with Gasteiger partial charge in [0.1, 0.15) is 0 Å². The zero-order valence-corrected chi connectivity index (χ0v) is 9.17. The SMILES string of the molecule is CCN1CCN(I)C2(CC2)C1. The van der Waals surface area contributed by atoms with Crippen LogP contribution in [0.5, 0.6) is 0 Å². The molecule has 2 fully saturated rings. The number of hydrogen-bond acceptors (Lipinski definition) is 2. The Hall–Kier alpha value is 0.650. The molecule has 0 bridgehead atoms. The minimum absolute atomic E-state index is 0.606. The maximum absolute atomic E-state index is 2.57. The van der Waals surface area contributed by atoms with E-state index in [0.717, 1.165) is 0 Å². The van der Waals surface area contributed by atoms with Gasteiger partial charge < -0.3 is 4.90 Å². The Morgan fingerprint density at radius 3 is 2.64 bits per heavy atom. The van der Waals surface area contributed by atoms with Crippen molar-refractivity contribution < 1.29 is 0 Å². The normalized spacial score (nSPS) is 31.1. The fourth-order valence-corrected chi connectivity index (χ4v) is 2.70. The quantitative estimate of drug-likeness (QED) is 0.524. The van der Waals surface area contributed by atoms with Crippen LogP contribution < -0.4 is 0 Å². The van der Waals surface area contributed by atoms with Gasteiger partial charge in [0, 0.05) is 48.0 Å². The number of hydrogen-bond donors (Lipinski definition) is 0. The highest BCUT2D eigenvalue weighted by Crippen LogP contribution is 2.45. The molecular formula is C8H15IN2. The van der Waals surface area contributed by atoms with Gasteiger partial charge in [-0.2, -0.15) is 0 Å². The van der Waals surface area contributed by atoms with Crippen molar-refractivity contribution in [3.8, 4) is 0 Å². The van der Waals surface area contributed by atoms with Crippen LogP contribution in [0.15, 0.2) is 0 Å². The molecule has 2 aliphatic rings. The van der Waals surface area contributed by atoms with Crippen molar-refractivity contribution in [1.82, 2.24) is 8.01 Å². The third-order valence-electron chi connectivity index (χ3n) is 2.92. The summed E-state index contributed by atoms with van der Waals surface area (Å²) in [6, 6.07) is 0. The van der Waals surface area contributed by atoms with Gasteiger partial charge >= 0.3 is 0 Å². The predicted molar refractivity (Wildman–Crippen MR) is 54.8 cm³/mol. The molecule has 0 aromatic carbocycles. The molecule has 0 aromatic heterocycles. The van der Waals surface area contributed by atoms with E-state index in [4.69, 9.17) is 0 Å². The molecule has 1 heterocycles. The Labute approximate surface area is 82.4 Å². The van der Waals surface area contributed by atoms with E-state index in [-0.39, 0.29) is 0 Å². The average molecular weight is 266 g/mol. The van der Waals surface area contributed by atoms with Crippen LogP contribution in [0.4, 0.5) is 0 Å². The van der Waals surface area contributed by atoms with E-state index in [1.54, 1.807) is 0 Å². The van der Waals surface area contributed by atoms with Gasteiger partial charge in [-0.25, -0.2) is 3.11 Å². The maximum atomic E-state index is 2.57. The van der Waals surface area contributed by atoms with Gasteiger partial charge in [0.05, 0.1) is 0 Å². The first kappa shape index (κ1) is 8.26. The second kappa shape index (κ2) is 2.85. The van der Waals surface area contributed by atoms with Gasteiger partial charge in [0.15, 0.2) is 0 Å². The lowest BCUT2D eigenvalue weighted by Crippen LogP contribution is -2.50. The Bertz CT molecular complexity index is 156. The van der Waals surface area contributed by atoms with Gasteiger partial charge in [0.25, 0.3) is 0 Å². The first-order valence-electron chi connectivity index (χ1n) is 4.43. The fraction of sp³-hybridized carbons (Fsp3) is 1.00. The Balaban J connectivity index is 1.98. The first-order valence-corrected chi connectivity index (χ1v) is 5.39. The first-order chi connectivity index (χ1) is 5.27. The largest absolute Gasteiger partial charge is 0.300 e. The molecule has 1 aliphatic carbocycles. The molecule has 64 valence electrons. The summed E-state index contributed by atoms with van der Waals surface area (Å²) in [5.41, 5.74) is 0.606. The Morgan fingerprint density at radius 2 is 2.09 bits per heavy atom. The highest BCUT2D eigenvalue weighted by molar-refractivity contribution is 14.1. The summed E-state index contributed by atoms with van der Waals surface area (Å²) in [5, 5.41) is 0. The standard InChI is InChI=1S/C8H15IN2/c1-2-10-5-6-11(9)8(7-10)3-4-8/h2-7H2,1H3. The topological polar surface area (TPSA) is 6.48 Å². The third kappa shape index (κ3) is 1.42. The summed E-state index contributed by atoms with van der Waals surface area (Å²) >= 11 is 2.50. The van der Waals surface area contributed by atoms with Crippen molar-refractivity contribution in [3.63, 3.8) is 0 Å². The highest BCUT2D eigenvalue weighted by atomic mass is 127. The van der Waals surface area contributed by atoms with E-state index in [0.29, 0.717) is 5.54 Å². The van der Waals surface area contributed by atoms with Crippen molar-refractivity contribution >= 4 is 22.9 Å². The second-order valence-corrected chi connectivity index (χ2v) is 4.84. The molecule has 0 amide bonds. The van der Waals surface area contributed by atoms with Crippen molar-refractivity contribution in [3.05, 3.63) is 0 Å². The van der Waals surface area contributed by atoms with Gasteiger partial charge in [-0.05, 0) is 19.4 Å². The van der Waals surface area contributed by atoms with E-state index in [2.05, 4.69) is 37.8 Å². The highest BCUT2D eigenvalue weighted by Gasteiger charge is 2.50. The summed E-state index contributed by atoms with van der Waals surface area (Å²) in [6.45, 7) is 7.33. The lowest BCUT2D eigenvalue weighted by atomic mass is 10.2. The van der Waals surface area contributed by atoms with Gasteiger partial charge in [-0.1, -0.05) is 6.92 Å². The van der Waals surface area contributed by atoms with Crippen molar-refractivity contribution in [2.24, 2.45) is 0 Å². The molecule has 1 saturated heterocycles. The van der Waals surface area contributed by atoms with E-state index in [1.807, 2.05) is 0 Å². The molecule has 0 N–H and O–H groups in total. The summed E-state index contributed by atoms with van der Waals surface area (Å²) in [4.78, 5) is 2.57. The molecule has 2 rings (SSSR count). The lowest BCUT2D eigenvalue weighted by molar-refractivity contribution is 0.148. The van der Waals surface area contributed by atoms with Crippen LogP contribution in [0.25, 0.3) is 0 Å². The maximum Gasteiger partial charge on any atom is 0.0433 e. The van der Waals surface area contributed by atoms with Crippen molar-refractivity contribution in [2.45, 2.75) is 25.3 Å². The molecular weight excluding hydrogens is 251 g/mol. The number of likely N-dealkylation sites (N-methyl/N-ethyl adjacent to an activating group) is 1. The van der Waals surface area contributed by atoms with Gasteiger partial charge in [-0.3, -0.25) is 0 Å². The molecule has 0 aromatic rings. The minimum Gasteiger partial charge on any atom is -0.300 e. The zero-order valence-electron chi connectivity index (χ0n) is 7.02. The molecule has 1 aliphatic heterocycles. The van der Waals surface area contributed by atoms with E-state index >= 15 is 0 Å². The minimum atomic E-state index is 0.606. The number of rotatable bonds is 1. The van der Waals surface area contributed by atoms with Crippen molar-refractivity contribution in [2.75, 3.05) is 26.2 Å². The van der Waals surface area contributed by atoms with Crippen LogP contribution in [-0.4, -0.2) is 39.7 Å². The van der Waals surface area contributed by atoms with Crippen LogP contribution in [0, 0.1) is 0 Å². The monoisotopic (exact) mass is 266 g/mol. The van der Waals surface area contributed by atoms with E-state index in [1.165, 1.54) is 39.0 Å².